The van der Waals surface area contributed by atoms with E-state index < -0.39 is 0 Å². The molecule has 86 valence electrons. The Balaban J connectivity index is 2.11. The molecule has 1 unspecified atom stereocenters. The molecule has 0 radical (unpaired) electrons. The quantitative estimate of drug-likeness (QED) is 0.863. The minimum absolute atomic E-state index is 0.0286. The first-order valence-corrected chi connectivity index (χ1v) is 6.13. The molecule has 0 spiro atoms. The van der Waals surface area contributed by atoms with E-state index in [0.29, 0.717) is 12.2 Å². The monoisotopic (exact) mass is 237 g/mol. The van der Waals surface area contributed by atoms with Crippen molar-refractivity contribution in [2.24, 2.45) is 12.8 Å². The SMILES string of the molecule is CCc1ccsc1C(N)Cc1nnn(C)n1. The van der Waals surface area contributed by atoms with Crippen LogP contribution in [0.5, 0.6) is 0 Å². The summed E-state index contributed by atoms with van der Waals surface area (Å²) in [5, 5.41) is 14.0. The van der Waals surface area contributed by atoms with Gasteiger partial charge in [0, 0.05) is 17.3 Å². The zero-order valence-electron chi connectivity index (χ0n) is 9.42. The van der Waals surface area contributed by atoms with Gasteiger partial charge in [-0.05, 0) is 28.6 Å². The van der Waals surface area contributed by atoms with E-state index in [9.17, 15) is 0 Å². The van der Waals surface area contributed by atoms with Gasteiger partial charge in [-0.3, -0.25) is 0 Å². The van der Waals surface area contributed by atoms with Gasteiger partial charge >= 0.3 is 0 Å². The van der Waals surface area contributed by atoms with E-state index in [-0.39, 0.29) is 6.04 Å². The van der Waals surface area contributed by atoms with Gasteiger partial charge in [0.05, 0.1) is 7.05 Å². The highest BCUT2D eigenvalue weighted by molar-refractivity contribution is 7.10. The summed E-state index contributed by atoms with van der Waals surface area (Å²) >= 11 is 1.70. The first-order valence-electron chi connectivity index (χ1n) is 5.25. The molecule has 0 amide bonds. The molecule has 0 fully saturated rings. The number of thiophene rings is 1. The normalized spacial score (nSPS) is 12.9. The fourth-order valence-electron chi connectivity index (χ4n) is 1.66. The minimum Gasteiger partial charge on any atom is -0.323 e. The molecule has 2 N–H and O–H groups in total. The molecular weight excluding hydrogens is 222 g/mol. The van der Waals surface area contributed by atoms with Crippen LogP contribution in [0.25, 0.3) is 0 Å². The maximum atomic E-state index is 6.15. The standard InChI is InChI=1S/C10H15N5S/c1-3-7-4-5-16-10(7)8(11)6-9-12-14-15(2)13-9/h4-5,8H,3,6,11H2,1-2H3. The largest absolute Gasteiger partial charge is 0.323 e. The van der Waals surface area contributed by atoms with Gasteiger partial charge in [0.15, 0.2) is 5.82 Å². The Bertz CT molecular complexity index is 461. The summed E-state index contributed by atoms with van der Waals surface area (Å²) in [5.41, 5.74) is 7.47. The van der Waals surface area contributed by atoms with E-state index in [1.165, 1.54) is 15.2 Å². The Morgan fingerprint density at radius 3 is 3.00 bits per heavy atom. The van der Waals surface area contributed by atoms with Crippen molar-refractivity contribution in [2.75, 3.05) is 0 Å². The average molecular weight is 237 g/mol. The van der Waals surface area contributed by atoms with E-state index in [1.807, 2.05) is 0 Å². The van der Waals surface area contributed by atoms with Gasteiger partial charge in [-0.25, -0.2) is 0 Å². The Morgan fingerprint density at radius 2 is 2.38 bits per heavy atom. The summed E-state index contributed by atoms with van der Waals surface area (Å²) < 4.78 is 0. The molecule has 0 aliphatic heterocycles. The Hall–Kier alpha value is -1.27. The van der Waals surface area contributed by atoms with Gasteiger partial charge in [0.1, 0.15) is 0 Å². The number of aromatic nitrogens is 4. The molecule has 0 aliphatic carbocycles. The van der Waals surface area contributed by atoms with Crippen LogP contribution in [0.1, 0.15) is 29.2 Å². The number of aryl methyl sites for hydroxylation is 2. The number of hydrogen-bond acceptors (Lipinski definition) is 5. The molecule has 16 heavy (non-hydrogen) atoms. The summed E-state index contributed by atoms with van der Waals surface area (Å²) in [7, 11) is 1.75. The lowest BCUT2D eigenvalue weighted by molar-refractivity contribution is 0.623. The van der Waals surface area contributed by atoms with Crippen molar-refractivity contribution in [2.45, 2.75) is 25.8 Å². The van der Waals surface area contributed by atoms with Gasteiger partial charge in [-0.15, -0.1) is 21.5 Å². The summed E-state index contributed by atoms with van der Waals surface area (Å²) in [4.78, 5) is 2.69. The molecule has 0 saturated carbocycles. The Morgan fingerprint density at radius 1 is 1.56 bits per heavy atom. The highest BCUT2D eigenvalue weighted by Gasteiger charge is 2.14. The van der Waals surface area contributed by atoms with Crippen molar-refractivity contribution in [1.29, 1.82) is 0 Å². The topological polar surface area (TPSA) is 69.6 Å². The number of rotatable bonds is 4. The maximum absolute atomic E-state index is 6.15. The first-order chi connectivity index (χ1) is 7.70. The number of tetrazole rings is 1. The van der Waals surface area contributed by atoms with E-state index in [4.69, 9.17) is 5.73 Å². The molecule has 2 heterocycles. The zero-order chi connectivity index (χ0) is 11.5. The predicted molar refractivity (Wildman–Crippen MR) is 63.1 cm³/mol. The predicted octanol–water partition coefficient (Wildman–Crippen LogP) is 1.08. The Kier molecular flexibility index (Phi) is 3.31. The van der Waals surface area contributed by atoms with Crippen LogP contribution < -0.4 is 5.73 Å². The van der Waals surface area contributed by atoms with E-state index >= 15 is 0 Å². The number of hydrogen-bond donors (Lipinski definition) is 1. The zero-order valence-corrected chi connectivity index (χ0v) is 10.2. The molecule has 0 aliphatic rings. The molecule has 0 saturated heterocycles. The molecular formula is C10H15N5S. The molecule has 0 bridgehead atoms. The van der Waals surface area contributed by atoms with Crippen molar-refractivity contribution in [1.82, 2.24) is 20.2 Å². The third-order valence-corrected chi connectivity index (χ3v) is 3.54. The van der Waals surface area contributed by atoms with Gasteiger partial charge < -0.3 is 5.73 Å². The summed E-state index contributed by atoms with van der Waals surface area (Å²) in [6.07, 6.45) is 1.65. The first kappa shape index (κ1) is 11.2. The van der Waals surface area contributed by atoms with E-state index in [2.05, 4.69) is 33.8 Å². The molecule has 0 aromatic carbocycles. The molecule has 2 rings (SSSR count). The third kappa shape index (κ3) is 2.28. The second-order valence-electron chi connectivity index (χ2n) is 3.67. The number of nitrogens with two attached hydrogens (primary N) is 1. The molecule has 5 nitrogen and oxygen atoms in total. The maximum Gasteiger partial charge on any atom is 0.176 e. The van der Waals surface area contributed by atoms with Crippen molar-refractivity contribution in [3.8, 4) is 0 Å². The molecule has 1 atom stereocenters. The third-order valence-electron chi connectivity index (χ3n) is 2.45. The highest BCUT2D eigenvalue weighted by Crippen LogP contribution is 2.25. The van der Waals surface area contributed by atoms with Crippen LogP contribution in [0.2, 0.25) is 0 Å². The van der Waals surface area contributed by atoms with Crippen LogP contribution in [0.3, 0.4) is 0 Å². The summed E-state index contributed by atoms with van der Waals surface area (Å²) in [6, 6.07) is 2.10. The van der Waals surface area contributed by atoms with Crippen LogP contribution in [0, 0.1) is 0 Å². The molecule has 2 aromatic heterocycles. The van der Waals surface area contributed by atoms with Crippen LogP contribution in [0.4, 0.5) is 0 Å². The summed E-state index contributed by atoms with van der Waals surface area (Å²) in [5.74, 6) is 0.699. The smallest absolute Gasteiger partial charge is 0.176 e. The van der Waals surface area contributed by atoms with Crippen LogP contribution in [0.15, 0.2) is 11.4 Å². The van der Waals surface area contributed by atoms with E-state index in [1.54, 1.807) is 18.4 Å². The molecule has 6 heteroatoms. The average Bonchev–Trinajstić information content (AvgIpc) is 2.86. The van der Waals surface area contributed by atoms with Gasteiger partial charge in [0.25, 0.3) is 0 Å². The molecule has 2 aromatic rings. The second-order valence-corrected chi connectivity index (χ2v) is 4.62. The van der Waals surface area contributed by atoms with Crippen molar-refractivity contribution in [3.05, 3.63) is 27.7 Å². The minimum atomic E-state index is -0.0286. The van der Waals surface area contributed by atoms with Crippen LogP contribution >= 0.6 is 11.3 Å². The van der Waals surface area contributed by atoms with E-state index in [0.717, 1.165) is 6.42 Å². The van der Waals surface area contributed by atoms with Gasteiger partial charge in [-0.2, -0.15) is 4.80 Å². The lowest BCUT2D eigenvalue weighted by Crippen LogP contribution is -2.14. The van der Waals surface area contributed by atoms with Crippen LogP contribution in [-0.4, -0.2) is 20.2 Å². The lowest BCUT2D eigenvalue weighted by Gasteiger charge is -2.09. The fraction of sp³-hybridized carbons (Fsp3) is 0.500. The number of nitrogens with zero attached hydrogens (tertiary/aromatic N) is 4. The van der Waals surface area contributed by atoms with Crippen molar-refractivity contribution in [3.63, 3.8) is 0 Å². The highest BCUT2D eigenvalue weighted by atomic mass is 32.1. The second kappa shape index (κ2) is 4.71. The fourth-order valence-corrected chi connectivity index (χ4v) is 2.66. The van der Waals surface area contributed by atoms with Crippen molar-refractivity contribution < 1.29 is 0 Å². The van der Waals surface area contributed by atoms with Gasteiger partial charge in [-0.1, -0.05) is 6.92 Å². The van der Waals surface area contributed by atoms with Crippen LogP contribution in [-0.2, 0) is 19.9 Å². The van der Waals surface area contributed by atoms with Crippen molar-refractivity contribution >= 4 is 11.3 Å². The lowest BCUT2D eigenvalue weighted by atomic mass is 10.1. The summed E-state index contributed by atoms with van der Waals surface area (Å²) in [6.45, 7) is 2.14. The van der Waals surface area contributed by atoms with Gasteiger partial charge in [0.2, 0.25) is 0 Å². The Labute approximate surface area is 98.3 Å².